The molecule has 1 aromatic heterocycles. The minimum atomic E-state index is -2.99. The molecule has 2 aromatic carbocycles. The van der Waals surface area contributed by atoms with Crippen LogP contribution in [-0.2, 0) is 0 Å². The quantitative estimate of drug-likeness (QED) is 0.621. The van der Waals surface area contributed by atoms with Gasteiger partial charge in [-0.3, -0.25) is 0 Å². The molecule has 0 atom stereocenters. The molecule has 0 aliphatic heterocycles. The zero-order valence-corrected chi connectivity index (χ0v) is 13.4. The largest absolute Gasteiger partial charge is 0.401 e. The fraction of sp³-hybridized carbons (Fsp3) is 0.125. The summed E-state index contributed by atoms with van der Waals surface area (Å²) < 4.78 is 29.0. The molecule has 3 aromatic rings. The molecule has 0 saturated carbocycles. The lowest BCUT2D eigenvalue weighted by atomic mass is 10.00. The van der Waals surface area contributed by atoms with E-state index < -0.39 is 6.61 Å². The number of aryl methyl sites for hydroxylation is 1. The maximum atomic E-state index is 12.4. The van der Waals surface area contributed by atoms with Gasteiger partial charge in [0.15, 0.2) is 0 Å². The van der Waals surface area contributed by atoms with Crippen molar-refractivity contribution in [1.82, 2.24) is 9.97 Å². The number of alkyl halides is 2. The monoisotopic (exact) mass is 354 g/mol. The molecule has 118 valence electrons. The normalized spacial score (nSPS) is 11.2. The van der Waals surface area contributed by atoms with Crippen LogP contribution in [0.1, 0.15) is 5.56 Å². The van der Waals surface area contributed by atoms with E-state index in [0.717, 1.165) is 5.56 Å². The van der Waals surface area contributed by atoms with E-state index in [1.54, 1.807) is 18.2 Å². The summed E-state index contributed by atoms with van der Waals surface area (Å²) >= 11 is 12.2. The average Bonchev–Trinajstić information content (AvgIpc) is 2.46. The van der Waals surface area contributed by atoms with Crippen LogP contribution in [0.15, 0.2) is 36.5 Å². The van der Waals surface area contributed by atoms with E-state index in [4.69, 9.17) is 23.2 Å². The Morgan fingerprint density at radius 1 is 1.09 bits per heavy atom. The minimum Gasteiger partial charge on any atom is -0.401 e. The molecule has 3 nitrogen and oxygen atoms in total. The summed E-state index contributed by atoms with van der Waals surface area (Å²) in [4.78, 5) is 7.88. The molecule has 0 aliphatic carbocycles. The van der Waals surface area contributed by atoms with Gasteiger partial charge in [0.25, 0.3) is 0 Å². The molecule has 3 rings (SSSR count). The number of hydrogen-bond acceptors (Lipinski definition) is 3. The topological polar surface area (TPSA) is 35.0 Å². The fourth-order valence-corrected chi connectivity index (χ4v) is 2.84. The molecule has 0 saturated heterocycles. The summed E-state index contributed by atoms with van der Waals surface area (Å²) in [5, 5.41) is 1.65. The van der Waals surface area contributed by atoms with Crippen LogP contribution in [0.25, 0.3) is 22.0 Å². The highest BCUT2D eigenvalue weighted by molar-refractivity contribution is 6.36. The Hall–Kier alpha value is -1.98. The summed E-state index contributed by atoms with van der Waals surface area (Å²) in [7, 11) is 0. The summed E-state index contributed by atoms with van der Waals surface area (Å²) in [5.41, 5.74) is 2.84. The molecule has 0 radical (unpaired) electrons. The molecule has 0 bridgehead atoms. The fourth-order valence-electron chi connectivity index (χ4n) is 2.33. The second-order valence-electron chi connectivity index (χ2n) is 4.91. The zero-order valence-electron chi connectivity index (χ0n) is 11.9. The molecule has 1 heterocycles. The van der Waals surface area contributed by atoms with E-state index in [-0.39, 0.29) is 6.01 Å². The van der Waals surface area contributed by atoms with Gasteiger partial charge < -0.3 is 4.74 Å². The van der Waals surface area contributed by atoms with Crippen molar-refractivity contribution in [2.75, 3.05) is 0 Å². The number of aromatic nitrogens is 2. The lowest BCUT2D eigenvalue weighted by molar-refractivity contribution is -0.0558. The van der Waals surface area contributed by atoms with Crippen molar-refractivity contribution >= 4 is 34.1 Å². The van der Waals surface area contributed by atoms with Gasteiger partial charge in [0, 0.05) is 32.8 Å². The number of nitrogens with zero attached hydrogens (tertiary/aromatic N) is 2. The van der Waals surface area contributed by atoms with Crippen LogP contribution in [0.4, 0.5) is 8.78 Å². The van der Waals surface area contributed by atoms with Gasteiger partial charge in [-0.1, -0.05) is 29.3 Å². The Balaban J connectivity index is 2.25. The first-order chi connectivity index (χ1) is 10.9. The lowest BCUT2D eigenvalue weighted by Crippen LogP contribution is -2.05. The second-order valence-corrected chi connectivity index (χ2v) is 5.75. The summed E-state index contributed by atoms with van der Waals surface area (Å²) in [5.74, 6) is 0. The van der Waals surface area contributed by atoms with E-state index >= 15 is 0 Å². The van der Waals surface area contributed by atoms with Gasteiger partial charge in [0.1, 0.15) is 0 Å². The van der Waals surface area contributed by atoms with E-state index in [1.165, 1.54) is 6.20 Å². The Labute approximate surface area is 140 Å². The predicted molar refractivity (Wildman–Crippen MR) is 86.4 cm³/mol. The third-order valence-corrected chi connectivity index (χ3v) is 3.77. The number of rotatable bonds is 3. The van der Waals surface area contributed by atoms with Crippen molar-refractivity contribution in [1.29, 1.82) is 0 Å². The highest BCUT2D eigenvalue weighted by atomic mass is 35.5. The van der Waals surface area contributed by atoms with Crippen LogP contribution in [0.3, 0.4) is 0 Å². The van der Waals surface area contributed by atoms with Crippen molar-refractivity contribution in [3.05, 3.63) is 52.1 Å². The van der Waals surface area contributed by atoms with Crippen LogP contribution in [-0.4, -0.2) is 16.6 Å². The van der Waals surface area contributed by atoms with Gasteiger partial charge in [-0.15, -0.1) is 0 Å². The first-order valence-corrected chi connectivity index (χ1v) is 7.37. The maximum absolute atomic E-state index is 12.4. The van der Waals surface area contributed by atoms with Gasteiger partial charge in [-0.05, 0) is 36.8 Å². The van der Waals surface area contributed by atoms with Crippen LogP contribution in [0.5, 0.6) is 6.01 Å². The van der Waals surface area contributed by atoms with Gasteiger partial charge in [0.2, 0.25) is 0 Å². The Morgan fingerprint density at radius 2 is 1.87 bits per heavy atom. The highest BCUT2D eigenvalue weighted by Gasteiger charge is 2.14. The summed E-state index contributed by atoms with van der Waals surface area (Å²) in [6.45, 7) is -1.07. The number of fused-ring (bicyclic) bond motifs is 1. The van der Waals surface area contributed by atoms with Gasteiger partial charge >= 0.3 is 12.6 Å². The van der Waals surface area contributed by atoms with E-state index in [2.05, 4.69) is 14.7 Å². The first kappa shape index (κ1) is 15.9. The highest BCUT2D eigenvalue weighted by Crippen LogP contribution is 2.35. The molecule has 23 heavy (non-hydrogen) atoms. The average molecular weight is 355 g/mol. The van der Waals surface area contributed by atoms with Gasteiger partial charge in [-0.2, -0.15) is 13.8 Å². The van der Waals surface area contributed by atoms with Crippen molar-refractivity contribution in [3.8, 4) is 17.1 Å². The third-order valence-electron chi connectivity index (χ3n) is 3.22. The van der Waals surface area contributed by atoms with E-state index in [9.17, 15) is 8.78 Å². The third kappa shape index (κ3) is 3.35. The molecule has 0 N–H and O–H groups in total. The molecular formula is C16H10Cl2F2N2O. The second kappa shape index (κ2) is 6.26. The number of hydrogen-bond donors (Lipinski definition) is 0. The van der Waals surface area contributed by atoms with Crippen molar-refractivity contribution in [2.45, 2.75) is 13.5 Å². The van der Waals surface area contributed by atoms with Gasteiger partial charge in [-0.25, -0.2) is 4.98 Å². The van der Waals surface area contributed by atoms with Crippen LogP contribution in [0, 0.1) is 6.92 Å². The Bertz CT molecular complexity index is 887. The molecular weight excluding hydrogens is 345 g/mol. The Morgan fingerprint density at radius 3 is 2.57 bits per heavy atom. The number of benzene rings is 2. The van der Waals surface area contributed by atoms with Crippen molar-refractivity contribution in [2.24, 2.45) is 0 Å². The smallest absolute Gasteiger partial charge is 0.389 e. The van der Waals surface area contributed by atoms with Crippen LogP contribution in [0.2, 0.25) is 10.0 Å². The van der Waals surface area contributed by atoms with Crippen molar-refractivity contribution < 1.29 is 13.5 Å². The molecule has 0 unspecified atom stereocenters. The predicted octanol–water partition coefficient (Wildman–Crippen LogP) is 5.51. The molecule has 0 fully saturated rings. The maximum Gasteiger partial charge on any atom is 0.389 e. The van der Waals surface area contributed by atoms with Crippen molar-refractivity contribution in [3.63, 3.8) is 0 Å². The molecule has 0 aliphatic rings. The van der Waals surface area contributed by atoms with Crippen LogP contribution >= 0.6 is 23.2 Å². The summed E-state index contributed by atoms with van der Waals surface area (Å²) in [6, 6.07) is 8.42. The zero-order chi connectivity index (χ0) is 16.6. The van der Waals surface area contributed by atoms with E-state index in [0.29, 0.717) is 32.1 Å². The molecule has 0 amide bonds. The van der Waals surface area contributed by atoms with E-state index in [1.807, 2.05) is 19.1 Å². The first-order valence-electron chi connectivity index (χ1n) is 6.61. The number of halogens is 4. The van der Waals surface area contributed by atoms with Crippen LogP contribution < -0.4 is 4.74 Å². The molecule has 0 spiro atoms. The minimum absolute atomic E-state index is 0.386. The molecule has 7 heteroatoms. The SMILES string of the molecule is Cc1cc(-c2ccc(Cl)cc2Cl)c2nc(OC(F)F)ncc2c1. The Kier molecular flexibility index (Phi) is 4.33. The lowest BCUT2D eigenvalue weighted by Gasteiger charge is -2.11. The van der Waals surface area contributed by atoms with Gasteiger partial charge in [0.05, 0.1) is 5.52 Å². The standard InChI is InChI=1S/C16H10Cl2F2N2O/c1-8-4-9-7-21-16(23-15(19)20)22-14(9)12(5-8)11-3-2-10(17)6-13(11)18/h2-7,15H,1H3. The number of ether oxygens (including phenoxy) is 1. The summed E-state index contributed by atoms with van der Waals surface area (Å²) in [6.07, 6.45) is 1.44.